The van der Waals surface area contributed by atoms with Crippen LogP contribution in [0.25, 0.3) is 0 Å². The number of ether oxygens (including phenoxy) is 3. The minimum Gasteiger partial charge on any atom is -0.493 e. The van der Waals surface area contributed by atoms with Crippen molar-refractivity contribution >= 4 is 29.5 Å². The molecule has 1 saturated heterocycles. The van der Waals surface area contributed by atoms with Crippen LogP contribution in [0.4, 0.5) is 0 Å². The summed E-state index contributed by atoms with van der Waals surface area (Å²) in [4.78, 5) is 13.4. The second kappa shape index (κ2) is 11.1. The lowest BCUT2D eigenvalue weighted by Gasteiger charge is -2.23. The Bertz CT molecular complexity index is 733. The van der Waals surface area contributed by atoms with Crippen molar-refractivity contribution in [1.82, 2.24) is 10.7 Å². The summed E-state index contributed by atoms with van der Waals surface area (Å²) in [6.07, 6.45) is 4.49. The van der Waals surface area contributed by atoms with Gasteiger partial charge in [-0.25, -0.2) is 0 Å². The quantitative estimate of drug-likeness (QED) is 0.130. The van der Waals surface area contributed by atoms with Crippen molar-refractivity contribution in [3.05, 3.63) is 23.8 Å². The minimum atomic E-state index is -0.196. The predicted molar refractivity (Wildman–Crippen MR) is 114 cm³/mol. The molecule has 1 aliphatic carbocycles. The van der Waals surface area contributed by atoms with Crippen LogP contribution in [0.2, 0.25) is 0 Å². The summed E-state index contributed by atoms with van der Waals surface area (Å²) in [5, 5.41) is 7.79. The molecule has 3 N–H and O–H groups in total. The third kappa shape index (κ3) is 7.26. The van der Waals surface area contributed by atoms with Gasteiger partial charge in [0.2, 0.25) is 0 Å². The van der Waals surface area contributed by atoms with E-state index >= 15 is 0 Å². The van der Waals surface area contributed by atoms with Gasteiger partial charge in [-0.1, -0.05) is 0 Å². The monoisotopic (exact) mass is 421 g/mol. The standard InChI is InChI=1S/C20H28N4O4S/c1-26-18-13-15(3-6-17(18)28-19(25)16-4-5-16)14-22-23-20(29)21-7-2-8-24-9-11-27-12-10-24/h3,6,13-14,16H,2,4-5,7-12H2,1H3,(H2,21,23,29)/p+1/b22-14-. The highest BCUT2D eigenvalue weighted by molar-refractivity contribution is 7.80. The summed E-state index contributed by atoms with van der Waals surface area (Å²) in [6.45, 7) is 5.78. The molecule has 29 heavy (non-hydrogen) atoms. The van der Waals surface area contributed by atoms with E-state index in [4.69, 9.17) is 26.4 Å². The third-order valence-electron chi connectivity index (χ3n) is 4.88. The molecule has 0 bridgehead atoms. The van der Waals surface area contributed by atoms with Gasteiger partial charge in [-0.2, -0.15) is 5.10 Å². The van der Waals surface area contributed by atoms with E-state index < -0.39 is 0 Å². The molecular formula is C20H29N4O4S+. The lowest BCUT2D eigenvalue weighted by Crippen LogP contribution is -3.14. The molecule has 0 atom stereocenters. The average Bonchev–Trinajstić information content (AvgIpc) is 3.58. The fourth-order valence-electron chi connectivity index (χ4n) is 3.01. The van der Waals surface area contributed by atoms with Crippen molar-refractivity contribution in [3.8, 4) is 11.5 Å². The van der Waals surface area contributed by atoms with Gasteiger partial charge in [0.25, 0.3) is 0 Å². The molecule has 2 fully saturated rings. The van der Waals surface area contributed by atoms with E-state index in [1.54, 1.807) is 30.4 Å². The fourth-order valence-corrected chi connectivity index (χ4v) is 3.17. The van der Waals surface area contributed by atoms with Gasteiger partial charge in [0.1, 0.15) is 13.1 Å². The van der Waals surface area contributed by atoms with Gasteiger partial charge >= 0.3 is 5.97 Å². The first-order chi connectivity index (χ1) is 14.2. The van der Waals surface area contributed by atoms with Crippen LogP contribution in [0.5, 0.6) is 11.5 Å². The van der Waals surface area contributed by atoms with Gasteiger partial charge in [-0.3, -0.25) is 10.2 Å². The number of carbonyl (C=O) groups excluding carboxylic acids is 1. The fraction of sp³-hybridized carbons (Fsp3) is 0.550. The number of hydrogen-bond acceptors (Lipinski definition) is 6. The van der Waals surface area contributed by atoms with E-state index in [9.17, 15) is 4.79 Å². The molecule has 1 heterocycles. The number of methoxy groups -OCH3 is 1. The van der Waals surface area contributed by atoms with Crippen molar-refractivity contribution in [2.75, 3.05) is 46.5 Å². The van der Waals surface area contributed by atoms with Crippen LogP contribution in [0.3, 0.4) is 0 Å². The van der Waals surface area contributed by atoms with Gasteiger partial charge in [-0.15, -0.1) is 0 Å². The highest BCUT2D eigenvalue weighted by Crippen LogP contribution is 2.34. The number of benzene rings is 1. The van der Waals surface area contributed by atoms with E-state index in [2.05, 4.69) is 15.8 Å². The zero-order valence-electron chi connectivity index (χ0n) is 16.7. The highest BCUT2D eigenvalue weighted by atomic mass is 32.1. The van der Waals surface area contributed by atoms with Crippen molar-refractivity contribution < 1.29 is 23.9 Å². The molecule has 1 aromatic carbocycles. The zero-order valence-corrected chi connectivity index (χ0v) is 17.6. The maximum absolute atomic E-state index is 11.8. The molecule has 0 spiro atoms. The molecule has 2 aliphatic rings. The minimum absolute atomic E-state index is 0.0360. The molecule has 1 saturated carbocycles. The number of carbonyl (C=O) groups is 1. The second-order valence-corrected chi connectivity index (χ2v) is 7.61. The van der Waals surface area contributed by atoms with Crippen molar-refractivity contribution in [2.45, 2.75) is 19.3 Å². The first-order valence-corrected chi connectivity index (χ1v) is 10.4. The number of hydrogen-bond donors (Lipinski definition) is 3. The van der Waals surface area contributed by atoms with Crippen molar-refractivity contribution in [2.24, 2.45) is 11.0 Å². The maximum Gasteiger partial charge on any atom is 0.314 e. The van der Waals surface area contributed by atoms with Crippen LogP contribution in [-0.2, 0) is 9.53 Å². The number of rotatable bonds is 9. The van der Waals surface area contributed by atoms with E-state index in [1.807, 2.05) is 6.07 Å². The molecule has 8 nitrogen and oxygen atoms in total. The molecule has 0 amide bonds. The summed E-state index contributed by atoms with van der Waals surface area (Å²) in [6, 6.07) is 5.29. The van der Waals surface area contributed by atoms with Crippen LogP contribution in [0, 0.1) is 5.92 Å². The van der Waals surface area contributed by atoms with Gasteiger partial charge < -0.3 is 24.4 Å². The van der Waals surface area contributed by atoms with Gasteiger partial charge in [0.15, 0.2) is 16.6 Å². The number of esters is 1. The lowest BCUT2D eigenvalue weighted by atomic mass is 10.2. The van der Waals surface area contributed by atoms with E-state index in [0.29, 0.717) is 16.6 Å². The molecular weight excluding hydrogens is 392 g/mol. The zero-order chi connectivity index (χ0) is 20.5. The number of nitrogens with zero attached hydrogens (tertiary/aromatic N) is 1. The number of quaternary nitrogens is 1. The van der Waals surface area contributed by atoms with Crippen LogP contribution in [0.15, 0.2) is 23.3 Å². The average molecular weight is 422 g/mol. The molecule has 9 heteroatoms. The first-order valence-electron chi connectivity index (χ1n) is 10.0. The SMILES string of the molecule is COc1cc(/C=N\NC(=S)NCCC[NH+]2CCOCC2)ccc1OC(=O)C1CC1. The molecule has 3 rings (SSSR count). The largest absolute Gasteiger partial charge is 0.493 e. The van der Waals surface area contributed by atoms with Gasteiger partial charge in [0.05, 0.1) is 39.0 Å². The van der Waals surface area contributed by atoms with E-state index in [0.717, 1.165) is 64.2 Å². The number of morpholine rings is 1. The Hall–Kier alpha value is -2.23. The van der Waals surface area contributed by atoms with Crippen molar-refractivity contribution in [1.29, 1.82) is 0 Å². The highest BCUT2D eigenvalue weighted by Gasteiger charge is 2.32. The Morgan fingerprint density at radius 3 is 2.86 bits per heavy atom. The summed E-state index contributed by atoms with van der Waals surface area (Å²) in [7, 11) is 1.54. The molecule has 158 valence electrons. The van der Waals surface area contributed by atoms with Crippen LogP contribution >= 0.6 is 12.2 Å². The van der Waals surface area contributed by atoms with Gasteiger partial charge in [0, 0.05) is 13.0 Å². The Kier molecular flexibility index (Phi) is 8.21. The molecule has 0 radical (unpaired) electrons. The van der Waals surface area contributed by atoms with Crippen LogP contribution in [-0.4, -0.2) is 63.8 Å². The summed E-state index contributed by atoms with van der Waals surface area (Å²) in [5.41, 5.74) is 3.62. The Morgan fingerprint density at radius 1 is 1.34 bits per heavy atom. The number of hydrazone groups is 1. The predicted octanol–water partition coefficient (Wildman–Crippen LogP) is 0.114. The van der Waals surface area contributed by atoms with Crippen LogP contribution in [0.1, 0.15) is 24.8 Å². The van der Waals surface area contributed by atoms with E-state index in [1.165, 1.54) is 0 Å². The molecule has 1 aliphatic heterocycles. The molecule has 0 unspecified atom stereocenters. The maximum atomic E-state index is 11.8. The third-order valence-corrected chi connectivity index (χ3v) is 5.12. The Morgan fingerprint density at radius 2 is 2.14 bits per heavy atom. The first kappa shape index (κ1) is 21.5. The molecule has 0 aromatic heterocycles. The summed E-state index contributed by atoms with van der Waals surface area (Å²) >= 11 is 5.24. The Balaban J connectivity index is 1.38. The second-order valence-electron chi connectivity index (χ2n) is 7.20. The van der Waals surface area contributed by atoms with Crippen LogP contribution < -0.4 is 25.1 Å². The summed E-state index contributed by atoms with van der Waals surface area (Å²) in [5.74, 6) is 0.760. The smallest absolute Gasteiger partial charge is 0.314 e. The topological polar surface area (TPSA) is 85.6 Å². The Labute approximate surface area is 176 Å². The van der Waals surface area contributed by atoms with Gasteiger partial charge in [-0.05, 0) is 48.8 Å². The normalized spacial score (nSPS) is 17.1. The summed E-state index contributed by atoms with van der Waals surface area (Å²) < 4.78 is 16.1. The number of thiocarbonyl (C=S) groups is 1. The lowest BCUT2D eigenvalue weighted by molar-refractivity contribution is -0.908. The van der Waals surface area contributed by atoms with E-state index in [-0.39, 0.29) is 11.9 Å². The molecule has 1 aromatic rings. The van der Waals surface area contributed by atoms with Crippen molar-refractivity contribution in [3.63, 3.8) is 0 Å². The number of nitrogens with one attached hydrogen (secondary N) is 3.